The number of benzene rings is 2. The summed E-state index contributed by atoms with van der Waals surface area (Å²) in [6, 6.07) is 13.0. The van der Waals surface area contributed by atoms with Gasteiger partial charge in [-0.05, 0) is 43.7 Å². The number of aromatic carboxylic acids is 1. The molecule has 0 spiro atoms. The van der Waals surface area contributed by atoms with Gasteiger partial charge in [0.1, 0.15) is 17.1 Å². The Morgan fingerprint density at radius 2 is 1.96 bits per heavy atom. The first kappa shape index (κ1) is 16.8. The van der Waals surface area contributed by atoms with Crippen molar-refractivity contribution < 1.29 is 19.1 Å². The van der Waals surface area contributed by atoms with Crippen LogP contribution in [-0.4, -0.2) is 17.2 Å². The molecule has 2 aromatic carbocycles. The van der Waals surface area contributed by atoms with E-state index in [1.54, 1.807) is 0 Å². The summed E-state index contributed by atoms with van der Waals surface area (Å²) in [5.74, 6) is -0.0568. The van der Waals surface area contributed by atoms with Gasteiger partial charge in [-0.3, -0.25) is 4.79 Å². The van der Waals surface area contributed by atoms with Gasteiger partial charge in [-0.2, -0.15) is 0 Å². The Kier molecular flexibility index (Phi) is 4.57. The smallest absolute Gasteiger partial charge is 0.335 e. The first-order valence-electron chi connectivity index (χ1n) is 8.07. The minimum atomic E-state index is -1.09. The van der Waals surface area contributed by atoms with Crippen LogP contribution < -0.4 is 10.2 Å². The lowest BCUT2D eigenvalue weighted by Crippen LogP contribution is -2.10. The van der Waals surface area contributed by atoms with Crippen molar-refractivity contribution in [3.8, 4) is 17.1 Å². The first-order valence-corrected chi connectivity index (χ1v) is 8.07. The number of fused-ring (bicyclic) bond motifs is 1. The van der Waals surface area contributed by atoms with Crippen LogP contribution in [0.2, 0.25) is 0 Å². The van der Waals surface area contributed by atoms with Crippen LogP contribution >= 0.6 is 0 Å². The molecule has 128 valence electrons. The second kappa shape index (κ2) is 6.81. The van der Waals surface area contributed by atoms with E-state index in [0.717, 1.165) is 6.42 Å². The summed E-state index contributed by atoms with van der Waals surface area (Å²) in [5.41, 5.74) is 0.778. The third-order valence-electron chi connectivity index (χ3n) is 4.03. The molecule has 0 bridgehead atoms. The van der Waals surface area contributed by atoms with Gasteiger partial charge in [0.05, 0.1) is 22.6 Å². The molecule has 3 aromatic rings. The van der Waals surface area contributed by atoms with Crippen LogP contribution in [0.25, 0.3) is 22.3 Å². The maximum absolute atomic E-state index is 12.4. The molecule has 1 unspecified atom stereocenters. The molecular weight excluding hydrogens is 320 g/mol. The molecule has 1 N–H and O–H groups in total. The van der Waals surface area contributed by atoms with Crippen LogP contribution in [0.5, 0.6) is 5.75 Å². The summed E-state index contributed by atoms with van der Waals surface area (Å²) in [4.78, 5) is 23.5. The van der Waals surface area contributed by atoms with E-state index in [-0.39, 0.29) is 22.5 Å². The van der Waals surface area contributed by atoms with E-state index in [1.165, 1.54) is 24.3 Å². The molecule has 5 heteroatoms. The van der Waals surface area contributed by atoms with Gasteiger partial charge in [-0.15, -0.1) is 0 Å². The van der Waals surface area contributed by atoms with Gasteiger partial charge in [0.2, 0.25) is 0 Å². The summed E-state index contributed by atoms with van der Waals surface area (Å²) in [5, 5.41) is 9.30. The maximum Gasteiger partial charge on any atom is 0.335 e. The maximum atomic E-state index is 12.4. The van der Waals surface area contributed by atoms with E-state index in [2.05, 4.69) is 0 Å². The Morgan fingerprint density at radius 3 is 2.68 bits per heavy atom. The predicted octanol–water partition coefficient (Wildman–Crippen LogP) is 4.34. The SMILES string of the molecule is CCC(C)Oc1ccccc1-c1cc(=O)c2cc(C(=O)O)ccc2o1. The zero-order valence-electron chi connectivity index (χ0n) is 14.0. The van der Waals surface area contributed by atoms with Crippen molar-refractivity contribution in [2.24, 2.45) is 0 Å². The van der Waals surface area contributed by atoms with E-state index >= 15 is 0 Å². The number of hydrogen-bond donors (Lipinski definition) is 1. The van der Waals surface area contributed by atoms with Crippen molar-refractivity contribution >= 4 is 16.9 Å². The quantitative estimate of drug-likeness (QED) is 0.749. The lowest BCUT2D eigenvalue weighted by Gasteiger charge is -2.15. The second-order valence-corrected chi connectivity index (χ2v) is 5.82. The van der Waals surface area contributed by atoms with Gasteiger partial charge in [-0.1, -0.05) is 19.1 Å². The molecule has 1 heterocycles. The van der Waals surface area contributed by atoms with Crippen molar-refractivity contribution in [3.63, 3.8) is 0 Å². The van der Waals surface area contributed by atoms with E-state index < -0.39 is 5.97 Å². The molecule has 1 atom stereocenters. The molecule has 1 aromatic heterocycles. The number of carbonyl (C=O) groups is 1. The number of ether oxygens (including phenoxy) is 1. The highest BCUT2D eigenvalue weighted by Gasteiger charge is 2.14. The highest BCUT2D eigenvalue weighted by molar-refractivity contribution is 5.93. The molecule has 25 heavy (non-hydrogen) atoms. The third-order valence-corrected chi connectivity index (χ3v) is 4.03. The molecule has 0 aliphatic rings. The molecule has 0 saturated heterocycles. The van der Waals surface area contributed by atoms with Gasteiger partial charge in [0.15, 0.2) is 5.43 Å². The van der Waals surface area contributed by atoms with Crippen LogP contribution in [0.4, 0.5) is 0 Å². The summed E-state index contributed by atoms with van der Waals surface area (Å²) in [7, 11) is 0. The fourth-order valence-electron chi connectivity index (χ4n) is 2.50. The third kappa shape index (κ3) is 3.40. The summed E-state index contributed by atoms with van der Waals surface area (Å²) < 4.78 is 11.8. The van der Waals surface area contributed by atoms with E-state index in [1.807, 2.05) is 38.1 Å². The minimum Gasteiger partial charge on any atom is -0.490 e. The van der Waals surface area contributed by atoms with Gasteiger partial charge in [0, 0.05) is 6.07 Å². The van der Waals surface area contributed by atoms with Crippen LogP contribution in [0, 0.1) is 0 Å². The van der Waals surface area contributed by atoms with Crippen LogP contribution in [0.15, 0.2) is 57.7 Å². The minimum absolute atomic E-state index is 0.0338. The van der Waals surface area contributed by atoms with Gasteiger partial charge in [-0.25, -0.2) is 4.79 Å². The highest BCUT2D eigenvalue weighted by atomic mass is 16.5. The summed E-state index contributed by atoms with van der Waals surface area (Å²) >= 11 is 0. The zero-order chi connectivity index (χ0) is 18.0. The fourth-order valence-corrected chi connectivity index (χ4v) is 2.50. The predicted molar refractivity (Wildman–Crippen MR) is 95.3 cm³/mol. The summed E-state index contributed by atoms with van der Waals surface area (Å²) in [6.07, 6.45) is 0.889. The van der Waals surface area contributed by atoms with E-state index in [9.17, 15) is 9.59 Å². The van der Waals surface area contributed by atoms with Gasteiger partial charge in [0.25, 0.3) is 0 Å². The standard InChI is InChI=1S/C20H18O5/c1-3-12(2)24-17-7-5-4-6-14(17)19-11-16(21)15-10-13(20(22)23)8-9-18(15)25-19/h4-12H,3H2,1-2H3,(H,22,23). The molecule has 5 nitrogen and oxygen atoms in total. The zero-order valence-corrected chi connectivity index (χ0v) is 14.0. The van der Waals surface area contributed by atoms with Crippen LogP contribution in [-0.2, 0) is 0 Å². The van der Waals surface area contributed by atoms with Gasteiger partial charge < -0.3 is 14.3 Å². The molecule has 0 saturated carbocycles. The Labute approximate surface area is 144 Å². The van der Waals surface area contributed by atoms with Crippen molar-refractivity contribution in [2.45, 2.75) is 26.4 Å². The Bertz CT molecular complexity index is 987. The first-order chi connectivity index (χ1) is 12.0. The monoisotopic (exact) mass is 338 g/mol. The van der Waals surface area contributed by atoms with Crippen LogP contribution in [0.1, 0.15) is 30.6 Å². The Hall–Kier alpha value is -3.08. The lowest BCUT2D eigenvalue weighted by molar-refractivity contribution is 0.0697. The fraction of sp³-hybridized carbons (Fsp3) is 0.200. The number of hydrogen-bond acceptors (Lipinski definition) is 4. The van der Waals surface area contributed by atoms with Crippen molar-refractivity contribution in [3.05, 3.63) is 64.3 Å². The molecule has 0 fully saturated rings. The average Bonchev–Trinajstić information content (AvgIpc) is 2.61. The molecular formula is C20H18O5. The number of carboxylic acid groups (broad SMARTS) is 1. The Morgan fingerprint density at radius 1 is 1.20 bits per heavy atom. The van der Waals surface area contributed by atoms with Crippen molar-refractivity contribution in [1.29, 1.82) is 0 Å². The normalized spacial score (nSPS) is 12.1. The number of para-hydroxylation sites is 1. The largest absolute Gasteiger partial charge is 0.490 e. The van der Waals surface area contributed by atoms with Crippen molar-refractivity contribution in [1.82, 2.24) is 0 Å². The molecule has 0 radical (unpaired) electrons. The molecule has 0 amide bonds. The topological polar surface area (TPSA) is 76.7 Å². The van der Waals surface area contributed by atoms with Crippen LogP contribution in [0.3, 0.4) is 0 Å². The van der Waals surface area contributed by atoms with Gasteiger partial charge >= 0.3 is 5.97 Å². The number of carboxylic acids is 1. The van der Waals surface area contributed by atoms with E-state index in [4.69, 9.17) is 14.3 Å². The molecule has 0 aliphatic heterocycles. The molecule has 3 rings (SSSR count). The van der Waals surface area contributed by atoms with E-state index in [0.29, 0.717) is 22.7 Å². The highest BCUT2D eigenvalue weighted by Crippen LogP contribution is 2.31. The molecule has 0 aliphatic carbocycles. The Balaban J connectivity index is 2.13. The number of rotatable bonds is 5. The second-order valence-electron chi connectivity index (χ2n) is 5.82. The summed E-state index contributed by atoms with van der Waals surface area (Å²) in [6.45, 7) is 4.00. The van der Waals surface area contributed by atoms with Crippen molar-refractivity contribution in [2.75, 3.05) is 0 Å². The lowest BCUT2D eigenvalue weighted by atomic mass is 10.1. The average molecular weight is 338 g/mol.